The van der Waals surface area contributed by atoms with Gasteiger partial charge in [0.15, 0.2) is 0 Å². The zero-order chi connectivity index (χ0) is 19.3. The number of carbonyl (C=O) groups excluding carboxylic acids is 1. The van der Waals surface area contributed by atoms with Crippen LogP contribution in [0.5, 0.6) is 0 Å². The summed E-state index contributed by atoms with van der Waals surface area (Å²) in [6, 6.07) is 13.8. The largest absolute Gasteiger partial charge is 0.312 e. The molecule has 2 aromatic carbocycles. The van der Waals surface area contributed by atoms with Gasteiger partial charge in [0.2, 0.25) is 15.9 Å². The first-order valence-electron chi connectivity index (χ1n) is 8.60. The molecular formula is C20H19BrN2O3S. The fraction of sp³-hybridized carbons (Fsp3) is 0.250. The van der Waals surface area contributed by atoms with E-state index in [4.69, 9.17) is 0 Å². The molecule has 0 bridgehead atoms. The summed E-state index contributed by atoms with van der Waals surface area (Å²) in [7, 11) is -3.58. The number of benzene rings is 2. The molecule has 5 nitrogen and oxygen atoms in total. The van der Waals surface area contributed by atoms with Crippen LogP contribution in [0.25, 0.3) is 0 Å². The predicted molar refractivity (Wildman–Crippen MR) is 109 cm³/mol. The van der Waals surface area contributed by atoms with Gasteiger partial charge in [0.05, 0.1) is 11.4 Å². The highest BCUT2D eigenvalue weighted by atomic mass is 79.9. The number of hydrogen-bond acceptors (Lipinski definition) is 3. The van der Waals surface area contributed by atoms with Crippen molar-refractivity contribution in [3.05, 3.63) is 58.6 Å². The molecule has 0 aromatic heterocycles. The zero-order valence-corrected chi connectivity index (χ0v) is 17.0. The Morgan fingerprint density at radius 3 is 2.41 bits per heavy atom. The van der Waals surface area contributed by atoms with Crippen molar-refractivity contribution in [3.63, 3.8) is 0 Å². The minimum atomic E-state index is -3.58. The van der Waals surface area contributed by atoms with E-state index in [1.54, 1.807) is 17.0 Å². The molecule has 0 atom stereocenters. The summed E-state index contributed by atoms with van der Waals surface area (Å²) in [6.07, 6.45) is 2.57. The maximum Gasteiger partial charge on any atom is 0.241 e. The normalized spacial score (nSPS) is 14.6. The second kappa shape index (κ2) is 8.70. The quantitative estimate of drug-likeness (QED) is 0.732. The number of hydrogen-bond donors (Lipinski definition) is 1. The Labute approximate surface area is 168 Å². The van der Waals surface area contributed by atoms with E-state index in [1.165, 1.54) is 12.1 Å². The molecule has 0 radical (unpaired) electrons. The number of nitrogens with one attached hydrogen (secondary N) is 1. The third-order valence-electron chi connectivity index (χ3n) is 4.21. The van der Waals surface area contributed by atoms with Crippen molar-refractivity contribution in [1.82, 2.24) is 4.72 Å². The monoisotopic (exact) mass is 446 g/mol. The van der Waals surface area contributed by atoms with Gasteiger partial charge in [0.1, 0.15) is 0 Å². The lowest BCUT2D eigenvalue weighted by atomic mass is 10.1. The molecule has 2 aromatic rings. The van der Waals surface area contributed by atoms with Gasteiger partial charge in [-0.15, -0.1) is 0 Å². The molecule has 3 rings (SSSR count). The van der Waals surface area contributed by atoms with Crippen molar-refractivity contribution >= 4 is 37.5 Å². The number of nitrogens with zero attached hydrogens (tertiary/aromatic N) is 1. The maximum absolute atomic E-state index is 12.2. The second-order valence-electron chi connectivity index (χ2n) is 6.13. The fourth-order valence-corrected chi connectivity index (χ4v) is 3.97. The van der Waals surface area contributed by atoms with E-state index in [1.807, 2.05) is 24.3 Å². The number of halogens is 1. The Hall–Kier alpha value is -2.14. The van der Waals surface area contributed by atoms with Crippen molar-refractivity contribution in [2.75, 3.05) is 18.0 Å². The first-order valence-corrected chi connectivity index (χ1v) is 10.9. The summed E-state index contributed by atoms with van der Waals surface area (Å²) >= 11 is 3.28. The van der Waals surface area contributed by atoms with Crippen LogP contribution < -0.4 is 9.62 Å². The van der Waals surface area contributed by atoms with E-state index in [-0.39, 0.29) is 17.3 Å². The van der Waals surface area contributed by atoms with Crippen molar-refractivity contribution in [3.8, 4) is 11.8 Å². The molecule has 0 saturated carbocycles. The Bertz CT molecular complexity index is 975. The Balaban J connectivity index is 1.59. The van der Waals surface area contributed by atoms with E-state index < -0.39 is 10.0 Å². The minimum absolute atomic E-state index is 0.0186. The third-order valence-corrected chi connectivity index (χ3v) is 6.16. The Morgan fingerprint density at radius 1 is 1.04 bits per heavy atom. The fourth-order valence-electron chi connectivity index (χ4n) is 2.78. The predicted octanol–water partition coefficient (Wildman–Crippen LogP) is 3.30. The van der Waals surface area contributed by atoms with Gasteiger partial charge in [-0.2, -0.15) is 4.72 Å². The first-order chi connectivity index (χ1) is 13.0. The van der Waals surface area contributed by atoms with Crippen LogP contribution in [0.3, 0.4) is 0 Å². The molecule has 1 N–H and O–H groups in total. The van der Waals surface area contributed by atoms with Gasteiger partial charge < -0.3 is 4.90 Å². The molecule has 1 amide bonds. The molecule has 1 aliphatic rings. The van der Waals surface area contributed by atoms with Crippen LogP contribution in [-0.2, 0) is 14.8 Å². The van der Waals surface area contributed by atoms with Crippen molar-refractivity contribution < 1.29 is 13.2 Å². The van der Waals surface area contributed by atoms with Gasteiger partial charge >= 0.3 is 0 Å². The van der Waals surface area contributed by atoms with Crippen LogP contribution in [0, 0.1) is 11.8 Å². The highest BCUT2D eigenvalue weighted by Crippen LogP contribution is 2.21. The van der Waals surface area contributed by atoms with Gasteiger partial charge in [0, 0.05) is 28.7 Å². The molecule has 140 valence electrons. The molecule has 1 heterocycles. The van der Waals surface area contributed by atoms with Crippen LogP contribution in [0.4, 0.5) is 5.69 Å². The van der Waals surface area contributed by atoms with Gasteiger partial charge in [-0.05, 0) is 61.4 Å². The third kappa shape index (κ3) is 5.19. The van der Waals surface area contributed by atoms with Crippen LogP contribution in [-0.4, -0.2) is 27.4 Å². The maximum atomic E-state index is 12.2. The second-order valence-corrected chi connectivity index (χ2v) is 8.81. The highest BCUT2D eigenvalue weighted by molar-refractivity contribution is 9.10. The van der Waals surface area contributed by atoms with Gasteiger partial charge in [-0.1, -0.05) is 27.8 Å². The van der Waals surface area contributed by atoms with Gasteiger partial charge in [-0.25, -0.2) is 8.42 Å². The molecule has 1 fully saturated rings. The summed E-state index contributed by atoms with van der Waals surface area (Å²) < 4.78 is 27.6. The average Bonchev–Trinajstić information content (AvgIpc) is 2.67. The van der Waals surface area contributed by atoms with E-state index >= 15 is 0 Å². The Kier molecular flexibility index (Phi) is 6.32. The van der Waals surface area contributed by atoms with E-state index in [2.05, 4.69) is 32.5 Å². The van der Waals surface area contributed by atoms with Crippen molar-refractivity contribution in [2.45, 2.75) is 24.2 Å². The lowest BCUT2D eigenvalue weighted by molar-refractivity contribution is -0.119. The smallest absolute Gasteiger partial charge is 0.241 e. The molecular weight excluding hydrogens is 428 g/mol. The average molecular weight is 447 g/mol. The van der Waals surface area contributed by atoms with Gasteiger partial charge in [-0.3, -0.25) is 4.79 Å². The number of rotatable bonds is 4. The Morgan fingerprint density at radius 2 is 1.74 bits per heavy atom. The molecule has 1 saturated heterocycles. The molecule has 27 heavy (non-hydrogen) atoms. The molecule has 0 aliphatic carbocycles. The summed E-state index contributed by atoms with van der Waals surface area (Å²) in [6.45, 7) is 0.770. The SMILES string of the molecule is O=C1CCCCN1c1ccc(C#CCNS(=O)(=O)c2ccc(Br)cc2)cc1. The first kappa shape index (κ1) is 19.6. The molecule has 1 aliphatic heterocycles. The van der Waals surface area contributed by atoms with Crippen LogP contribution >= 0.6 is 15.9 Å². The standard InChI is InChI=1S/C20H19BrN2O3S/c21-17-8-12-19(13-9-17)27(25,26)22-14-3-4-16-6-10-18(11-7-16)23-15-2-1-5-20(23)24/h6-13,22H,1-2,5,14-15H2. The van der Waals surface area contributed by atoms with Gasteiger partial charge in [0.25, 0.3) is 0 Å². The van der Waals surface area contributed by atoms with Crippen LogP contribution in [0.1, 0.15) is 24.8 Å². The number of amides is 1. The minimum Gasteiger partial charge on any atom is -0.312 e. The van der Waals surface area contributed by atoms with Crippen LogP contribution in [0.15, 0.2) is 57.9 Å². The van der Waals surface area contributed by atoms with Crippen LogP contribution in [0.2, 0.25) is 0 Å². The van der Waals surface area contributed by atoms with E-state index in [0.717, 1.165) is 35.1 Å². The lowest BCUT2D eigenvalue weighted by Gasteiger charge is -2.26. The number of anilines is 1. The number of piperidine rings is 1. The zero-order valence-electron chi connectivity index (χ0n) is 14.6. The summed E-state index contributed by atoms with van der Waals surface area (Å²) in [5, 5.41) is 0. The summed E-state index contributed by atoms with van der Waals surface area (Å²) in [5.74, 6) is 5.90. The number of sulfonamides is 1. The van der Waals surface area contributed by atoms with E-state index in [9.17, 15) is 13.2 Å². The molecule has 7 heteroatoms. The number of carbonyl (C=O) groups is 1. The highest BCUT2D eigenvalue weighted by Gasteiger charge is 2.19. The van der Waals surface area contributed by atoms with Crippen molar-refractivity contribution in [1.29, 1.82) is 0 Å². The summed E-state index contributed by atoms with van der Waals surface area (Å²) in [4.78, 5) is 13.9. The topological polar surface area (TPSA) is 66.5 Å². The molecule has 0 spiro atoms. The summed E-state index contributed by atoms with van der Waals surface area (Å²) in [5.41, 5.74) is 1.65. The lowest BCUT2D eigenvalue weighted by Crippen LogP contribution is -2.35. The van der Waals surface area contributed by atoms with Crippen molar-refractivity contribution in [2.24, 2.45) is 0 Å². The molecule has 0 unspecified atom stereocenters. The van der Waals surface area contributed by atoms with E-state index in [0.29, 0.717) is 6.42 Å².